The van der Waals surface area contributed by atoms with E-state index in [1.165, 1.54) is 0 Å². The highest BCUT2D eigenvalue weighted by Crippen LogP contribution is 2.25. The van der Waals surface area contributed by atoms with E-state index in [1.807, 2.05) is 7.05 Å². The van der Waals surface area contributed by atoms with Gasteiger partial charge >= 0.3 is 0 Å². The summed E-state index contributed by atoms with van der Waals surface area (Å²) in [5.74, 6) is 1.15. The molecule has 0 bridgehead atoms. The van der Waals surface area contributed by atoms with Crippen molar-refractivity contribution in [3.63, 3.8) is 0 Å². The zero-order chi connectivity index (χ0) is 9.84. The van der Waals surface area contributed by atoms with Gasteiger partial charge in [-0.2, -0.15) is 0 Å². The van der Waals surface area contributed by atoms with Gasteiger partial charge in [0, 0.05) is 12.5 Å². The molecule has 0 amide bonds. The molecule has 0 saturated carbocycles. The number of hydrogen-bond donors (Lipinski definition) is 1. The minimum absolute atomic E-state index is 0.517. The van der Waals surface area contributed by atoms with Crippen molar-refractivity contribution in [2.45, 2.75) is 33.2 Å². The van der Waals surface area contributed by atoms with Gasteiger partial charge in [-0.3, -0.25) is 0 Å². The van der Waals surface area contributed by atoms with Crippen LogP contribution in [0.15, 0.2) is 0 Å². The van der Waals surface area contributed by atoms with Crippen molar-refractivity contribution in [1.82, 2.24) is 15.5 Å². The first-order chi connectivity index (χ1) is 6.15. The van der Waals surface area contributed by atoms with Gasteiger partial charge in [-0.25, -0.2) is 0 Å². The quantitative estimate of drug-likeness (QED) is 0.806. The monoisotopic (exact) mass is 199 g/mol. The standard InChI is InChI=1S/C9H17N3S/c1-6(2)7(3)9-12-11-8(13-9)5-10-4/h6-7,10H,5H2,1-4H3. The van der Waals surface area contributed by atoms with Crippen molar-refractivity contribution < 1.29 is 0 Å². The second kappa shape index (κ2) is 4.67. The van der Waals surface area contributed by atoms with E-state index in [-0.39, 0.29) is 0 Å². The Morgan fingerprint density at radius 1 is 1.31 bits per heavy atom. The fourth-order valence-electron chi connectivity index (χ4n) is 0.958. The molecule has 0 radical (unpaired) electrons. The van der Waals surface area contributed by atoms with Gasteiger partial charge in [0.05, 0.1) is 0 Å². The molecule has 0 aliphatic heterocycles. The van der Waals surface area contributed by atoms with Gasteiger partial charge in [0.15, 0.2) is 0 Å². The lowest BCUT2D eigenvalue weighted by molar-refractivity contribution is 0.529. The van der Waals surface area contributed by atoms with Gasteiger partial charge in [0.25, 0.3) is 0 Å². The summed E-state index contributed by atoms with van der Waals surface area (Å²) in [7, 11) is 1.92. The van der Waals surface area contributed by atoms with Gasteiger partial charge in [0.1, 0.15) is 10.0 Å². The van der Waals surface area contributed by atoms with Gasteiger partial charge in [0.2, 0.25) is 0 Å². The fourth-order valence-corrected chi connectivity index (χ4v) is 2.04. The molecule has 0 aromatic carbocycles. The van der Waals surface area contributed by atoms with E-state index in [2.05, 4.69) is 36.3 Å². The van der Waals surface area contributed by atoms with Crippen LogP contribution >= 0.6 is 11.3 Å². The zero-order valence-corrected chi connectivity index (χ0v) is 9.48. The average molecular weight is 199 g/mol. The number of rotatable bonds is 4. The Kier molecular flexibility index (Phi) is 3.81. The topological polar surface area (TPSA) is 37.8 Å². The van der Waals surface area contributed by atoms with Gasteiger partial charge in [-0.1, -0.05) is 32.1 Å². The smallest absolute Gasteiger partial charge is 0.131 e. The third kappa shape index (κ3) is 2.74. The van der Waals surface area contributed by atoms with Crippen LogP contribution in [0.1, 0.15) is 36.7 Å². The Morgan fingerprint density at radius 2 is 2.00 bits per heavy atom. The Morgan fingerprint density at radius 3 is 2.54 bits per heavy atom. The molecule has 1 rings (SSSR count). The highest BCUT2D eigenvalue weighted by molar-refractivity contribution is 7.11. The van der Waals surface area contributed by atoms with Gasteiger partial charge < -0.3 is 5.32 Å². The van der Waals surface area contributed by atoms with Crippen molar-refractivity contribution in [3.8, 4) is 0 Å². The summed E-state index contributed by atoms with van der Waals surface area (Å²) >= 11 is 1.71. The lowest BCUT2D eigenvalue weighted by atomic mass is 9.99. The summed E-state index contributed by atoms with van der Waals surface area (Å²) in [6.45, 7) is 7.45. The zero-order valence-electron chi connectivity index (χ0n) is 8.66. The van der Waals surface area contributed by atoms with Crippen LogP contribution in [0, 0.1) is 5.92 Å². The average Bonchev–Trinajstić information content (AvgIpc) is 2.52. The van der Waals surface area contributed by atoms with E-state index in [9.17, 15) is 0 Å². The van der Waals surface area contributed by atoms with E-state index >= 15 is 0 Å². The fraction of sp³-hybridized carbons (Fsp3) is 0.778. The van der Waals surface area contributed by atoms with Gasteiger partial charge in [-0.05, 0) is 13.0 Å². The first kappa shape index (κ1) is 10.6. The molecule has 1 unspecified atom stereocenters. The van der Waals surface area contributed by atoms with Crippen LogP contribution in [0.2, 0.25) is 0 Å². The van der Waals surface area contributed by atoms with E-state index in [0.29, 0.717) is 11.8 Å². The van der Waals surface area contributed by atoms with Crippen molar-refractivity contribution in [1.29, 1.82) is 0 Å². The van der Waals surface area contributed by atoms with Crippen LogP contribution in [0.5, 0.6) is 0 Å². The van der Waals surface area contributed by atoms with E-state index in [1.54, 1.807) is 11.3 Å². The molecule has 0 fully saturated rings. The van der Waals surface area contributed by atoms with Crippen molar-refractivity contribution in [3.05, 3.63) is 10.0 Å². The molecular weight excluding hydrogens is 182 g/mol. The summed E-state index contributed by atoms with van der Waals surface area (Å²) in [4.78, 5) is 0. The van der Waals surface area contributed by atoms with Crippen LogP contribution < -0.4 is 5.32 Å². The van der Waals surface area contributed by atoms with Crippen molar-refractivity contribution in [2.24, 2.45) is 5.92 Å². The second-order valence-corrected chi connectivity index (χ2v) is 4.69. The maximum Gasteiger partial charge on any atom is 0.131 e. The first-order valence-corrected chi connectivity index (χ1v) is 5.43. The maximum absolute atomic E-state index is 4.18. The van der Waals surface area contributed by atoms with E-state index < -0.39 is 0 Å². The minimum Gasteiger partial charge on any atom is -0.313 e. The molecule has 0 aliphatic rings. The third-order valence-electron chi connectivity index (χ3n) is 2.20. The van der Waals surface area contributed by atoms with Crippen molar-refractivity contribution >= 4 is 11.3 Å². The van der Waals surface area contributed by atoms with Crippen LogP contribution in [-0.2, 0) is 6.54 Å². The highest BCUT2D eigenvalue weighted by Gasteiger charge is 2.14. The van der Waals surface area contributed by atoms with Crippen LogP contribution in [-0.4, -0.2) is 17.2 Å². The molecule has 4 heteroatoms. The van der Waals surface area contributed by atoms with Crippen LogP contribution in [0.25, 0.3) is 0 Å². The predicted molar refractivity (Wildman–Crippen MR) is 55.9 cm³/mol. The molecule has 74 valence electrons. The molecule has 3 nitrogen and oxygen atoms in total. The molecule has 1 N–H and O–H groups in total. The van der Waals surface area contributed by atoms with Crippen molar-refractivity contribution in [2.75, 3.05) is 7.05 Å². The molecule has 1 aromatic heterocycles. The third-order valence-corrected chi connectivity index (χ3v) is 3.32. The maximum atomic E-state index is 4.18. The normalized spacial score (nSPS) is 13.6. The number of nitrogens with one attached hydrogen (secondary N) is 1. The van der Waals surface area contributed by atoms with Crippen LogP contribution in [0.4, 0.5) is 0 Å². The summed E-state index contributed by atoms with van der Waals surface area (Å²) in [5, 5.41) is 13.6. The Hall–Kier alpha value is -0.480. The summed E-state index contributed by atoms with van der Waals surface area (Å²) in [6.07, 6.45) is 0. The number of hydrogen-bond acceptors (Lipinski definition) is 4. The molecule has 1 atom stereocenters. The number of nitrogens with zero attached hydrogens (tertiary/aromatic N) is 2. The summed E-state index contributed by atoms with van der Waals surface area (Å²) in [5.41, 5.74) is 0. The highest BCUT2D eigenvalue weighted by atomic mass is 32.1. The predicted octanol–water partition coefficient (Wildman–Crippen LogP) is 2.02. The largest absolute Gasteiger partial charge is 0.313 e. The Bertz CT molecular complexity index is 257. The molecule has 13 heavy (non-hydrogen) atoms. The van der Waals surface area contributed by atoms with E-state index in [0.717, 1.165) is 16.6 Å². The SMILES string of the molecule is CNCc1nnc(C(C)C(C)C)s1. The molecule has 0 spiro atoms. The molecule has 1 heterocycles. The van der Waals surface area contributed by atoms with Gasteiger partial charge in [-0.15, -0.1) is 10.2 Å². The molecular formula is C9H17N3S. The summed E-state index contributed by atoms with van der Waals surface area (Å²) in [6, 6.07) is 0. The lowest BCUT2D eigenvalue weighted by Gasteiger charge is -2.10. The molecule has 0 aliphatic carbocycles. The van der Waals surface area contributed by atoms with E-state index in [4.69, 9.17) is 0 Å². The molecule has 0 saturated heterocycles. The summed E-state index contributed by atoms with van der Waals surface area (Å²) < 4.78 is 0. The second-order valence-electron chi connectivity index (χ2n) is 3.60. The Labute approximate surface area is 83.6 Å². The lowest BCUT2D eigenvalue weighted by Crippen LogP contribution is -2.04. The van der Waals surface area contributed by atoms with Crippen LogP contribution in [0.3, 0.4) is 0 Å². The Balaban J connectivity index is 2.67. The number of aromatic nitrogens is 2. The molecule has 1 aromatic rings. The minimum atomic E-state index is 0.517. The first-order valence-electron chi connectivity index (χ1n) is 4.62.